The topological polar surface area (TPSA) is 42.4 Å². The zero-order valence-electron chi connectivity index (χ0n) is 13.4. The highest BCUT2D eigenvalue weighted by atomic mass is 16.5. The van der Waals surface area contributed by atoms with Crippen molar-refractivity contribution in [3.8, 4) is 5.75 Å². The van der Waals surface area contributed by atoms with Crippen LogP contribution in [0.4, 0.5) is 0 Å². The molecule has 1 aromatic carbocycles. The molecule has 3 rings (SSSR count). The Labute approximate surface area is 137 Å². The fraction of sp³-hybridized carbons (Fsp3) is 0.368. The molecule has 1 aliphatic heterocycles. The van der Waals surface area contributed by atoms with Gasteiger partial charge in [0, 0.05) is 25.5 Å². The zero-order valence-corrected chi connectivity index (χ0v) is 13.4. The van der Waals surface area contributed by atoms with Crippen molar-refractivity contribution < 1.29 is 9.53 Å². The van der Waals surface area contributed by atoms with Crippen LogP contribution in [0.15, 0.2) is 54.9 Å². The summed E-state index contributed by atoms with van der Waals surface area (Å²) >= 11 is 0. The van der Waals surface area contributed by atoms with E-state index in [1.807, 2.05) is 54.5 Å². The number of hydrogen-bond acceptors (Lipinski definition) is 3. The summed E-state index contributed by atoms with van der Waals surface area (Å²) in [6.07, 6.45) is 5.21. The molecule has 1 aromatic heterocycles. The second kappa shape index (κ2) is 7.27. The number of piperidine rings is 1. The first-order chi connectivity index (χ1) is 11.2. The smallest absolute Gasteiger partial charge is 0.263 e. The van der Waals surface area contributed by atoms with Crippen molar-refractivity contribution in [2.24, 2.45) is 0 Å². The number of carbonyl (C=O) groups is 1. The van der Waals surface area contributed by atoms with Gasteiger partial charge in [0.25, 0.3) is 5.91 Å². The lowest BCUT2D eigenvalue weighted by Crippen LogP contribution is -2.44. The highest BCUT2D eigenvalue weighted by Gasteiger charge is 2.27. The number of likely N-dealkylation sites (tertiary alicyclic amines) is 1. The van der Waals surface area contributed by atoms with Crippen LogP contribution in [0.1, 0.15) is 31.2 Å². The molecule has 0 unspecified atom stereocenters. The fourth-order valence-electron chi connectivity index (χ4n) is 3.08. The summed E-state index contributed by atoms with van der Waals surface area (Å²) in [6.45, 7) is 3.40. The molecule has 1 amide bonds. The molecule has 120 valence electrons. The molecule has 2 heterocycles. The Bertz CT molecular complexity index is 622. The van der Waals surface area contributed by atoms with E-state index in [-0.39, 0.29) is 5.91 Å². The van der Waals surface area contributed by atoms with Crippen molar-refractivity contribution in [2.45, 2.75) is 31.8 Å². The van der Waals surface area contributed by atoms with Crippen LogP contribution in [0.2, 0.25) is 0 Å². The first kappa shape index (κ1) is 15.5. The molecule has 0 radical (unpaired) electrons. The maximum atomic E-state index is 12.5. The first-order valence-electron chi connectivity index (χ1n) is 8.14. The molecular formula is C19H22N2O2. The lowest BCUT2D eigenvalue weighted by Gasteiger charge is -2.33. The highest BCUT2D eigenvalue weighted by molar-refractivity contribution is 5.81. The van der Waals surface area contributed by atoms with Gasteiger partial charge in [-0.1, -0.05) is 18.2 Å². The lowest BCUT2D eigenvalue weighted by atomic mass is 9.90. The minimum Gasteiger partial charge on any atom is -0.481 e. The van der Waals surface area contributed by atoms with Crippen LogP contribution in [0.5, 0.6) is 5.75 Å². The lowest BCUT2D eigenvalue weighted by molar-refractivity contribution is -0.139. The maximum Gasteiger partial charge on any atom is 0.263 e. The summed E-state index contributed by atoms with van der Waals surface area (Å²) in [7, 11) is 0. The summed E-state index contributed by atoms with van der Waals surface area (Å²) in [4.78, 5) is 18.5. The van der Waals surface area contributed by atoms with Crippen LogP contribution in [0.3, 0.4) is 0 Å². The molecular weight excluding hydrogens is 288 g/mol. The molecule has 0 saturated carbocycles. The monoisotopic (exact) mass is 310 g/mol. The third kappa shape index (κ3) is 3.89. The minimum atomic E-state index is -0.449. The molecule has 2 aromatic rings. The predicted molar refractivity (Wildman–Crippen MR) is 89.3 cm³/mol. The predicted octanol–water partition coefficient (Wildman–Crippen LogP) is 3.26. The third-order valence-electron chi connectivity index (χ3n) is 4.39. The van der Waals surface area contributed by atoms with Gasteiger partial charge in [-0.05, 0) is 55.5 Å². The molecule has 1 atom stereocenters. The highest BCUT2D eigenvalue weighted by Crippen LogP contribution is 2.28. The Morgan fingerprint density at radius 3 is 2.43 bits per heavy atom. The van der Waals surface area contributed by atoms with E-state index in [1.54, 1.807) is 0 Å². The standard InChI is InChI=1S/C19H22N2O2/c1-15(23-18-5-3-2-4-6-18)19(22)21-13-9-17(10-14-21)16-7-11-20-12-8-16/h2-8,11-12,15,17H,9-10,13-14H2,1H3/t15-/m1/s1. The van der Waals surface area contributed by atoms with Gasteiger partial charge in [0.05, 0.1) is 0 Å². The molecule has 4 heteroatoms. The molecule has 1 saturated heterocycles. The second-order valence-corrected chi connectivity index (χ2v) is 5.95. The maximum absolute atomic E-state index is 12.5. The van der Waals surface area contributed by atoms with Gasteiger partial charge in [-0.3, -0.25) is 9.78 Å². The van der Waals surface area contributed by atoms with Crippen molar-refractivity contribution in [1.82, 2.24) is 9.88 Å². The second-order valence-electron chi connectivity index (χ2n) is 5.95. The Morgan fingerprint density at radius 1 is 1.13 bits per heavy atom. The molecule has 0 N–H and O–H groups in total. The molecule has 4 nitrogen and oxygen atoms in total. The van der Waals surface area contributed by atoms with Crippen molar-refractivity contribution in [3.63, 3.8) is 0 Å². The Morgan fingerprint density at radius 2 is 1.78 bits per heavy atom. The van der Waals surface area contributed by atoms with Crippen LogP contribution >= 0.6 is 0 Å². The zero-order chi connectivity index (χ0) is 16.1. The van der Waals surface area contributed by atoms with Crippen LogP contribution in [0.25, 0.3) is 0 Å². The molecule has 0 aliphatic carbocycles. The number of hydrogen-bond donors (Lipinski definition) is 0. The van der Waals surface area contributed by atoms with Crippen molar-refractivity contribution in [1.29, 1.82) is 0 Å². The van der Waals surface area contributed by atoms with Crippen molar-refractivity contribution in [3.05, 3.63) is 60.4 Å². The fourth-order valence-corrected chi connectivity index (χ4v) is 3.08. The summed E-state index contributed by atoms with van der Waals surface area (Å²) in [5.74, 6) is 1.33. The average Bonchev–Trinajstić information content (AvgIpc) is 2.63. The largest absolute Gasteiger partial charge is 0.481 e. The quantitative estimate of drug-likeness (QED) is 0.870. The number of aromatic nitrogens is 1. The van der Waals surface area contributed by atoms with Crippen molar-refractivity contribution in [2.75, 3.05) is 13.1 Å². The summed E-state index contributed by atoms with van der Waals surface area (Å²) in [6, 6.07) is 13.6. The molecule has 23 heavy (non-hydrogen) atoms. The van der Waals surface area contributed by atoms with Crippen LogP contribution in [-0.4, -0.2) is 35.0 Å². The van der Waals surface area contributed by atoms with E-state index in [2.05, 4.69) is 17.1 Å². The van der Waals surface area contributed by atoms with Gasteiger partial charge in [0.1, 0.15) is 5.75 Å². The first-order valence-corrected chi connectivity index (χ1v) is 8.14. The number of pyridine rings is 1. The molecule has 0 spiro atoms. The van der Waals surface area contributed by atoms with E-state index >= 15 is 0 Å². The van der Waals surface area contributed by atoms with E-state index in [1.165, 1.54) is 5.56 Å². The molecule has 1 fully saturated rings. The minimum absolute atomic E-state index is 0.0713. The number of amides is 1. The number of carbonyl (C=O) groups excluding carboxylic acids is 1. The van der Waals surface area contributed by atoms with Gasteiger partial charge in [-0.25, -0.2) is 0 Å². The van der Waals surface area contributed by atoms with Crippen LogP contribution < -0.4 is 4.74 Å². The summed E-state index contributed by atoms with van der Waals surface area (Å²) in [5.41, 5.74) is 1.32. The van der Waals surface area contributed by atoms with Crippen molar-refractivity contribution >= 4 is 5.91 Å². The molecule has 1 aliphatic rings. The number of para-hydroxylation sites is 1. The van der Waals surface area contributed by atoms with Gasteiger partial charge < -0.3 is 9.64 Å². The SMILES string of the molecule is C[C@@H](Oc1ccccc1)C(=O)N1CCC(c2ccncc2)CC1. The van der Waals surface area contributed by atoms with Gasteiger partial charge in [0.15, 0.2) is 6.10 Å². The third-order valence-corrected chi connectivity index (χ3v) is 4.39. The van der Waals surface area contributed by atoms with Gasteiger partial charge in [-0.2, -0.15) is 0 Å². The van der Waals surface area contributed by atoms with E-state index < -0.39 is 6.10 Å². The van der Waals surface area contributed by atoms with Gasteiger partial charge in [0.2, 0.25) is 0 Å². The number of rotatable bonds is 4. The average molecular weight is 310 g/mol. The van der Waals surface area contributed by atoms with E-state index in [9.17, 15) is 4.79 Å². The molecule has 0 bridgehead atoms. The normalized spacial score (nSPS) is 16.8. The van der Waals surface area contributed by atoms with E-state index in [0.29, 0.717) is 5.92 Å². The number of benzene rings is 1. The van der Waals surface area contributed by atoms with E-state index in [0.717, 1.165) is 31.7 Å². The number of ether oxygens (including phenoxy) is 1. The van der Waals surface area contributed by atoms with Gasteiger partial charge >= 0.3 is 0 Å². The Balaban J connectivity index is 1.54. The van der Waals surface area contributed by atoms with Crippen LogP contribution in [-0.2, 0) is 4.79 Å². The van der Waals surface area contributed by atoms with Crippen LogP contribution in [0, 0.1) is 0 Å². The van der Waals surface area contributed by atoms with Gasteiger partial charge in [-0.15, -0.1) is 0 Å². The summed E-state index contributed by atoms with van der Waals surface area (Å²) in [5, 5.41) is 0. The number of nitrogens with zero attached hydrogens (tertiary/aromatic N) is 2. The Kier molecular flexibility index (Phi) is 4.91. The Hall–Kier alpha value is -2.36. The summed E-state index contributed by atoms with van der Waals surface area (Å²) < 4.78 is 5.74. The van der Waals surface area contributed by atoms with E-state index in [4.69, 9.17) is 4.74 Å².